The van der Waals surface area contributed by atoms with Crippen LogP contribution < -0.4 is 5.32 Å². The molecule has 0 aliphatic heterocycles. The summed E-state index contributed by atoms with van der Waals surface area (Å²) < 4.78 is 1.16. The minimum atomic E-state index is 0.552. The summed E-state index contributed by atoms with van der Waals surface area (Å²) in [5.74, 6) is 0. The van der Waals surface area contributed by atoms with Gasteiger partial charge in [-0.3, -0.25) is 0 Å². The van der Waals surface area contributed by atoms with Crippen molar-refractivity contribution in [2.45, 2.75) is 18.9 Å². The predicted octanol–water partition coefficient (Wildman–Crippen LogP) is 2.53. The number of benzene rings is 1. The summed E-state index contributed by atoms with van der Waals surface area (Å²) in [5.41, 5.74) is 1.38. The van der Waals surface area contributed by atoms with Crippen molar-refractivity contribution < 1.29 is 0 Å². The molecular formula is C13H21BrN2. The first-order valence-electron chi connectivity index (χ1n) is 5.68. The Kier molecular flexibility index (Phi) is 6.03. The molecule has 1 unspecified atom stereocenters. The second-order valence-corrected chi connectivity index (χ2v) is 5.33. The van der Waals surface area contributed by atoms with Crippen LogP contribution in [0, 0.1) is 0 Å². The first-order chi connectivity index (χ1) is 7.61. The van der Waals surface area contributed by atoms with Gasteiger partial charge < -0.3 is 10.2 Å². The van der Waals surface area contributed by atoms with Gasteiger partial charge in [0, 0.05) is 10.5 Å². The van der Waals surface area contributed by atoms with Gasteiger partial charge in [-0.05, 0) is 58.2 Å². The highest BCUT2D eigenvalue weighted by atomic mass is 79.9. The molecule has 0 spiro atoms. The number of likely N-dealkylation sites (N-methyl/N-ethyl adjacent to an activating group) is 1. The van der Waals surface area contributed by atoms with Crippen LogP contribution in [0.3, 0.4) is 0 Å². The van der Waals surface area contributed by atoms with Gasteiger partial charge >= 0.3 is 0 Å². The first-order valence-corrected chi connectivity index (χ1v) is 6.47. The molecular weight excluding hydrogens is 264 g/mol. The molecule has 90 valence electrons. The fraction of sp³-hybridized carbons (Fsp3) is 0.538. The van der Waals surface area contributed by atoms with E-state index in [0.717, 1.165) is 17.4 Å². The minimum Gasteiger partial charge on any atom is -0.317 e. The summed E-state index contributed by atoms with van der Waals surface area (Å²) >= 11 is 3.51. The predicted molar refractivity (Wildman–Crippen MR) is 73.9 cm³/mol. The van der Waals surface area contributed by atoms with Crippen molar-refractivity contribution in [3.8, 4) is 0 Å². The zero-order valence-corrected chi connectivity index (χ0v) is 11.9. The molecule has 2 nitrogen and oxygen atoms in total. The third-order valence-electron chi connectivity index (χ3n) is 2.70. The van der Waals surface area contributed by atoms with E-state index < -0.39 is 0 Å². The molecule has 1 rings (SSSR count). The highest BCUT2D eigenvalue weighted by molar-refractivity contribution is 9.10. The maximum absolute atomic E-state index is 3.51. The van der Waals surface area contributed by atoms with Crippen LogP contribution in [-0.2, 0) is 6.42 Å². The molecule has 0 amide bonds. The highest BCUT2D eigenvalue weighted by Crippen LogP contribution is 2.13. The maximum Gasteiger partial charge on any atom is 0.0178 e. The summed E-state index contributed by atoms with van der Waals surface area (Å²) in [6.45, 7) is 1.12. The smallest absolute Gasteiger partial charge is 0.0178 e. The molecule has 0 saturated carbocycles. The summed E-state index contributed by atoms with van der Waals surface area (Å²) in [6.07, 6.45) is 2.26. The summed E-state index contributed by atoms with van der Waals surface area (Å²) in [7, 11) is 6.27. The van der Waals surface area contributed by atoms with Gasteiger partial charge in [0.05, 0.1) is 0 Å². The van der Waals surface area contributed by atoms with E-state index in [1.807, 2.05) is 7.05 Å². The molecule has 1 aromatic carbocycles. The fourth-order valence-electron chi connectivity index (χ4n) is 1.71. The van der Waals surface area contributed by atoms with Crippen molar-refractivity contribution in [2.24, 2.45) is 0 Å². The summed E-state index contributed by atoms with van der Waals surface area (Å²) in [4.78, 5) is 2.23. The Hall–Kier alpha value is -0.380. The van der Waals surface area contributed by atoms with Gasteiger partial charge in [-0.15, -0.1) is 0 Å². The molecule has 0 radical (unpaired) electrons. The average molecular weight is 285 g/mol. The van der Waals surface area contributed by atoms with E-state index in [4.69, 9.17) is 0 Å². The molecule has 1 aromatic rings. The number of nitrogens with zero attached hydrogens (tertiary/aromatic N) is 1. The lowest BCUT2D eigenvalue weighted by Crippen LogP contribution is -2.31. The average Bonchev–Trinajstić information content (AvgIpc) is 2.24. The van der Waals surface area contributed by atoms with Gasteiger partial charge in [0.1, 0.15) is 0 Å². The molecule has 16 heavy (non-hydrogen) atoms. The lowest BCUT2D eigenvalue weighted by atomic mass is 10.0. The lowest BCUT2D eigenvalue weighted by molar-refractivity contribution is 0.364. The number of rotatable bonds is 6. The topological polar surface area (TPSA) is 15.3 Å². The van der Waals surface area contributed by atoms with Crippen LogP contribution in [0.2, 0.25) is 0 Å². The van der Waals surface area contributed by atoms with E-state index in [1.165, 1.54) is 12.0 Å². The second-order valence-electron chi connectivity index (χ2n) is 4.41. The molecule has 0 aliphatic rings. The molecule has 1 N–H and O–H groups in total. The van der Waals surface area contributed by atoms with Gasteiger partial charge in [-0.2, -0.15) is 0 Å². The summed E-state index contributed by atoms with van der Waals surface area (Å²) in [6, 6.07) is 9.09. The SMILES string of the molecule is CNC(CCN(C)C)Cc1cccc(Br)c1. The van der Waals surface area contributed by atoms with Crippen molar-refractivity contribution in [1.82, 2.24) is 10.2 Å². The molecule has 0 aromatic heterocycles. The van der Waals surface area contributed by atoms with Crippen LogP contribution in [0.5, 0.6) is 0 Å². The quantitative estimate of drug-likeness (QED) is 0.864. The molecule has 0 heterocycles. The Morgan fingerprint density at radius 2 is 2.12 bits per heavy atom. The maximum atomic E-state index is 3.51. The third-order valence-corrected chi connectivity index (χ3v) is 3.20. The van der Waals surface area contributed by atoms with E-state index >= 15 is 0 Å². The van der Waals surface area contributed by atoms with Gasteiger partial charge in [-0.25, -0.2) is 0 Å². The first kappa shape index (κ1) is 13.7. The monoisotopic (exact) mass is 284 g/mol. The minimum absolute atomic E-state index is 0.552. The van der Waals surface area contributed by atoms with Crippen LogP contribution >= 0.6 is 15.9 Å². The molecule has 0 saturated heterocycles. The highest BCUT2D eigenvalue weighted by Gasteiger charge is 2.07. The Bertz CT molecular complexity index is 313. The number of nitrogens with one attached hydrogen (secondary N) is 1. The van der Waals surface area contributed by atoms with Crippen LogP contribution in [0.4, 0.5) is 0 Å². The second kappa shape index (κ2) is 7.05. The number of halogens is 1. The van der Waals surface area contributed by atoms with Crippen LogP contribution in [0.25, 0.3) is 0 Å². The fourth-order valence-corrected chi connectivity index (χ4v) is 2.16. The molecule has 0 aliphatic carbocycles. The third kappa shape index (κ3) is 5.10. The number of hydrogen-bond acceptors (Lipinski definition) is 2. The largest absolute Gasteiger partial charge is 0.317 e. The van der Waals surface area contributed by atoms with E-state index in [2.05, 4.69) is 64.5 Å². The lowest BCUT2D eigenvalue weighted by Gasteiger charge is -2.18. The van der Waals surface area contributed by atoms with Gasteiger partial charge in [0.2, 0.25) is 0 Å². The van der Waals surface area contributed by atoms with Gasteiger partial charge in [0.25, 0.3) is 0 Å². The Balaban J connectivity index is 2.49. The van der Waals surface area contributed by atoms with E-state index in [1.54, 1.807) is 0 Å². The van der Waals surface area contributed by atoms with Crippen LogP contribution in [0.1, 0.15) is 12.0 Å². The van der Waals surface area contributed by atoms with Crippen LogP contribution in [-0.4, -0.2) is 38.6 Å². The summed E-state index contributed by atoms with van der Waals surface area (Å²) in [5, 5.41) is 3.38. The Morgan fingerprint density at radius 1 is 1.38 bits per heavy atom. The van der Waals surface area contributed by atoms with E-state index in [-0.39, 0.29) is 0 Å². The van der Waals surface area contributed by atoms with Gasteiger partial charge in [-0.1, -0.05) is 28.1 Å². The zero-order valence-electron chi connectivity index (χ0n) is 10.3. The molecule has 0 fully saturated rings. The normalized spacial score (nSPS) is 13.1. The zero-order chi connectivity index (χ0) is 12.0. The van der Waals surface area contributed by atoms with Crippen molar-refractivity contribution in [2.75, 3.05) is 27.7 Å². The Labute approximate surface area is 107 Å². The van der Waals surface area contributed by atoms with Crippen molar-refractivity contribution in [1.29, 1.82) is 0 Å². The molecule has 3 heteroatoms. The van der Waals surface area contributed by atoms with Gasteiger partial charge in [0.15, 0.2) is 0 Å². The Morgan fingerprint density at radius 3 is 2.69 bits per heavy atom. The van der Waals surface area contributed by atoms with E-state index in [9.17, 15) is 0 Å². The van der Waals surface area contributed by atoms with Crippen molar-refractivity contribution >= 4 is 15.9 Å². The van der Waals surface area contributed by atoms with Crippen molar-refractivity contribution in [3.05, 3.63) is 34.3 Å². The van der Waals surface area contributed by atoms with Crippen molar-refractivity contribution in [3.63, 3.8) is 0 Å². The molecule has 1 atom stereocenters. The standard InChI is InChI=1S/C13H21BrN2/c1-15-13(7-8-16(2)3)10-11-5-4-6-12(14)9-11/h4-6,9,13,15H,7-8,10H2,1-3H3. The van der Waals surface area contributed by atoms with E-state index in [0.29, 0.717) is 6.04 Å². The van der Waals surface area contributed by atoms with Crippen LogP contribution in [0.15, 0.2) is 28.7 Å². The number of hydrogen-bond donors (Lipinski definition) is 1. The molecule has 0 bridgehead atoms.